The molecule has 0 aliphatic heterocycles. The Bertz CT molecular complexity index is 2070. The number of para-hydroxylation sites is 1. The van der Waals surface area contributed by atoms with Gasteiger partial charge >= 0.3 is 12.4 Å². The number of nitrogens with zero attached hydrogens (tertiary/aromatic N) is 7. The van der Waals surface area contributed by atoms with Crippen LogP contribution in [0.5, 0.6) is 0 Å². The zero-order valence-corrected chi connectivity index (χ0v) is 25.2. The minimum atomic E-state index is -4.66. The van der Waals surface area contributed by atoms with Crippen LogP contribution in [0.4, 0.5) is 43.7 Å². The van der Waals surface area contributed by atoms with E-state index in [0.29, 0.717) is 5.69 Å². The summed E-state index contributed by atoms with van der Waals surface area (Å²) in [4.78, 5) is 11.2. The highest BCUT2D eigenvalue weighted by atomic mass is 19.4. The fourth-order valence-electron chi connectivity index (χ4n) is 5.37. The number of hydrogen-bond acceptors (Lipinski definition) is 5. The fourth-order valence-corrected chi connectivity index (χ4v) is 5.37. The van der Waals surface area contributed by atoms with Gasteiger partial charge in [0.2, 0.25) is 0 Å². The van der Waals surface area contributed by atoms with Crippen molar-refractivity contribution in [1.82, 2.24) is 29.5 Å². The Kier molecular flexibility index (Phi) is 7.95. The van der Waals surface area contributed by atoms with E-state index in [1.54, 1.807) is 29.2 Å². The van der Waals surface area contributed by atoms with Crippen molar-refractivity contribution < 1.29 is 26.3 Å². The zero-order valence-electron chi connectivity index (χ0n) is 25.2. The number of benzene rings is 3. The van der Waals surface area contributed by atoms with Gasteiger partial charge in [-0.3, -0.25) is 4.90 Å². The average molecular weight is 668 g/mol. The molecule has 13 heteroatoms. The molecule has 0 atom stereocenters. The van der Waals surface area contributed by atoms with E-state index in [9.17, 15) is 26.3 Å². The molecular formula is C36H23F6N7. The van der Waals surface area contributed by atoms with E-state index in [4.69, 9.17) is 9.97 Å². The topological polar surface area (TPSA) is 64.7 Å². The lowest BCUT2D eigenvalue weighted by molar-refractivity contribution is -0.142. The standard InChI is InChI=1S/C36H23F6N7/c37-35(38,39)28-20-22-47(45-28)30-16-8-18-32(43-30)49(33-19-9-17-31(44-33)48-23-21-29(46-48)36(40,41)42)34-26(24-10-3-1-4-11-24)14-7-15-27(34)25-12-5-2-6-13-25/h1-23H. The van der Waals surface area contributed by atoms with Gasteiger partial charge in [0.15, 0.2) is 23.0 Å². The minimum Gasteiger partial charge on any atom is -0.278 e. The molecule has 0 aliphatic rings. The molecule has 0 amide bonds. The molecule has 0 fully saturated rings. The number of halogens is 6. The van der Waals surface area contributed by atoms with Gasteiger partial charge in [0, 0.05) is 23.5 Å². The molecule has 0 spiro atoms. The van der Waals surface area contributed by atoms with Gasteiger partial charge in [-0.2, -0.15) is 36.5 Å². The molecule has 4 aromatic heterocycles. The fraction of sp³-hybridized carbons (Fsp3) is 0.0556. The van der Waals surface area contributed by atoms with Crippen LogP contribution in [0.1, 0.15) is 11.4 Å². The molecule has 4 heterocycles. The number of pyridine rings is 2. The summed E-state index contributed by atoms with van der Waals surface area (Å²) in [7, 11) is 0. The van der Waals surface area contributed by atoms with Crippen molar-refractivity contribution in [2.24, 2.45) is 0 Å². The summed E-state index contributed by atoms with van der Waals surface area (Å²) in [5.41, 5.74) is 1.67. The van der Waals surface area contributed by atoms with Gasteiger partial charge < -0.3 is 0 Å². The van der Waals surface area contributed by atoms with Crippen LogP contribution in [0.15, 0.2) is 140 Å². The Balaban J connectivity index is 1.48. The Labute approximate surface area is 275 Å². The first-order chi connectivity index (χ1) is 23.6. The average Bonchev–Trinajstić information content (AvgIpc) is 3.82. The Morgan fingerprint density at radius 3 is 1.24 bits per heavy atom. The third-order valence-electron chi connectivity index (χ3n) is 7.56. The number of aromatic nitrogens is 6. The van der Waals surface area contributed by atoms with Gasteiger partial charge in [-0.05, 0) is 47.5 Å². The maximum absolute atomic E-state index is 13.4. The van der Waals surface area contributed by atoms with E-state index < -0.39 is 23.7 Å². The van der Waals surface area contributed by atoms with E-state index >= 15 is 0 Å². The molecule has 7 nitrogen and oxygen atoms in total. The van der Waals surface area contributed by atoms with Gasteiger partial charge in [0.25, 0.3) is 0 Å². The largest absolute Gasteiger partial charge is 0.435 e. The lowest BCUT2D eigenvalue weighted by Gasteiger charge is -2.29. The van der Waals surface area contributed by atoms with Crippen LogP contribution in [0.3, 0.4) is 0 Å². The first-order valence-electron chi connectivity index (χ1n) is 14.8. The van der Waals surface area contributed by atoms with Crippen LogP contribution in [-0.4, -0.2) is 29.5 Å². The van der Waals surface area contributed by atoms with Crippen molar-refractivity contribution in [3.8, 4) is 33.9 Å². The molecule has 49 heavy (non-hydrogen) atoms. The van der Waals surface area contributed by atoms with Crippen molar-refractivity contribution in [2.75, 3.05) is 4.90 Å². The summed E-state index contributed by atoms with van der Waals surface area (Å²) >= 11 is 0. The maximum atomic E-state index is 13.4. The number of anilines is 3. The highest BCUT2D eigenvalue weighted by Gasteiger charge is 2.35. The second-order valence-corrected chi connectivity index (χ2v) is 10.8. The van der Waals surface area contributed by atoms with Gasteiger partial charge in [0.1, 0.15) is 11.6 Å². The molecule has 0 saturated heterocycles. The van der Waals surface area contributed by atoms with Crippen molar-refractivity contribution in [1.29, 1.82) is 0 Å². The summed E-state index contributed by atoms with van der Waals surface area (Å²) < 4.78 is 82.7. The minimum absolute atomic E-state index is 0.0921. The quantitative estimate of drug-likeness (QED) is 0.159. The van der Waals surface area contributed by atoms with Gasteiger partial charge in [-0.25, -0.2) is 19.3 Å². The number of hydrogen-bond donors (Lipinski definition) is 0. The van der Waals surface area contributed by atoms with E-state index in [2.05, 4.69) is 10.2 Å². The van der Waals surface area contributed by atoms with E-state index in [1.807, 2.05) is 78.9 Å². The van der Waals surface area contributed by atoms with E-state index in [-0.39, 0.29) is 23.3 Å². The van der Waals surface area contributed by atoms with E-state index in [0.717, 1.165) is 43.8 Å². The predicted molar refractivity (Wildman–Crippen MR) is 172 cm³/mol. The summed E-state index contributed by atoms with van der Waals surface area (Å²) in [5.74, 6) is 0.690. The summed E-state index contributed by atoms with van der Waals surface area (Å²) in [6.07, 6.45) is -6.98. The highest BCUT2D eigenvalue weighted by molar-refractivity contribution is 5.96. The summed E-state index contributed by atoms with van der Waals surface area (Å²) in [6, 6.07) is 36.1. The molecule has 0 bridgehead atoms. The second-order valence-electron chi connectivity index (χ2n) is 10.8. The molecule has 244 valence electrons. The molecule has 7 aromatic rings. The molecule has 3 aromatic carbocycles. The summed E-state index contributed by atoms with van der Waals surface area (Å²) in [6.45, 7) is 0. The predicted octanol–water partition coefficient (Wildman–Crippen LogP) is 9.69. The first-order valence-corrected chi connectivity index (χ1v) is 14.8. The Morgan fingerprint density at radius 2 is 0.857 bits per heavy atom. The molecule has 0 saturated carbocycles. The van der Waals surface area contributed by atoms with Crippen molar-refractivity contribution in [3.05, 3.63) is 151 Å². The molecule has 0 unspecified atom stereocenters. The van der Waals surface area contributed by atoms with Crippen molar-refractivity contribution >= 4 is 17.3 Å². The normalized spacial score (nSPS) is 11.9. The van der Waals surface area contributed by atoms with Crippen LogP contribution in [-0.2, 0) is 12.4 Å². The highest BCUT2D eigenvalue weighted by Crippen LogP contribution is 2.45. The summed E-state index contributed by atoms with van der Waals surface area (Å²) in [5, 5.41) is 7.39. The first kappa shape index (κ1) is 31.4. The van der Waals surface area contributed by atoms with Crippen molar-refractivity contribution in [2.45, 2.75) is 12.4 Å². The zero-order chi connectivity index (χ0) is 34.2. The van der Waals surface area contributed by atoms with Crippen LogP contribution in [0.25, 0.3) is 33.9 Å². The molecular weight excluding hydrogens is 644 g/mol. The maximum Gasteiger partial charge on any atom is 0.435 e. The third kappa shape index (κ3) is 6.38. The van der Waals surface area contributed by atoms with E-state index in [1.165, 1.54) is 24.5 Å². The lowest BCUT2D eigenvalue weighted by Crippen LogP contribution is -2.17. The molecule has 7 rings (SSSR count). The molecule has 0 N–H and O–H groups in total. The van der Waals surface area contributed by atoms with Crippen LogP contribution in [0, 0.1) is 0 Å². The molecule has 0 aliphatic carbocycles. The SMILES string of the molecule is FC(F)(F)c1ccn(-c2cccc(N(c3cccc(-n4ccc(C(F)(F)F)n4)n3)c3c(-c4ccccc4)cccc3-c3ccccc3)n2)n1. The smallest absolute Gasteiger partial charge is 0.278 e. The van der Waals surface area contributed by atoms with Crippen LogP contribution < -0.4 is 4.90 Å². The second kappa shape index (κ2) is 12.4. The van der Waals surface area contributed by atoms with Crippen LogP contribution in [0.2, 0.25) is 0 Å². The van der Waals surface area contributed by atoms with Gasteiger partial charge in [-0.15, -0.1) is 0 Å². The van der Waals surface area contributed by atoms with Gasteiger partial charge in [-0.1, -0.05) is 91.0 Å². The molecule has 0 radical (unpaired) electrons. The monoisotopic (exact) mass is 667 g/mol. The van der Waals surface area contributed by atoms with Gasteiger partial charge in [0.05, 0.1) is 5.69 Å². The van der Waals surface area contributed by atoms with Crippen molar-refractivity contribution in [3.63, 3.8) is 0 Å². The number of rotatable bonds is 7. The Morgan fingerprint density at radius 1 is 0.449 bits per heavy atom. The Hall–Kier alpha value is -6.24. The number of alkyl halides is 6. The third-order valence-corrected chi connectivity index (χ3v) is 7.56. The lowest BCUT2D eigenvalue weighted by atomic mass is 9.95. The van der Waals surface area contributed by atoms with Crippen LogP contribution >= 0.6 is 0 Å².